The van der Waals surface area contributed by atoms with E-state index in [0.717, 1.165) is 16.1 Å². The normalized spacial score (nSPS) is 10.6. The third-order valence-electron chi connectivity index (χ3n) is 3.76. The fourth-order valence-electron chi connectivity index (χ4n) is 2.46. The summed E-state index contributed by atoms with van der Waals surface area (Å²) in [6.07, 6.45) is 5.77. The molecule has 1 amide bonds. The van der Waals surface area contributed by atoms with Gasteiger partial charge in [-0.1, -0.05) is 18.2 Å². The van der Waals surface area contributed by atoms with Crippen molar-refractivity contribution in [3.05, 3.63) is 78.1 Å². The number of hydrogen-bond donors (Lipinski definition) is 0. The van der Waals surface area contributed by atoms with Gasteiger partial charge in [-0.15, -0.1) is 11.8 Å². The average molecular weight is 337 g/mol. The Morgan fingerprint density at radius 2 is 1.83 bits per heavy atom. The first-order valence-corrected chi connectivity index (χ1v) is 8.88. The van der Waals surface area contributed by atoms with Gasteiger partial charge in [0.1, 0.15) is 0 Å². The second-order valence-electron chi connectivity index (χ2n) is 5.52. The van der Waals surface area contributed by atoms with Crippen molar-refractivity contribution in [2.24, 2.45) is 0 Å². The first-order chi connectivity index (χ1) is 11.7. The van der Waals surface area contributed by atoms with E-state index in [1.54, 1.807) is 22.9 Å². The minimum atomic E-state index is 0.00936. The summed E-state index contributed by atoms with van der Waals surface area (Å²) in [4.78, 5) is 15.4. The number of rotatable bonds is 5. The number of aromatic nitrogens is 2. The van der Waals surface area contributed by atoms with Crippen LogP contribution in [0.2, 0.25) is 0 Å². The quantitative estimate of drug-likeness (QED) is 0.664. The molecule has 0 aliphatic rings. The summed E-state index contributed by atoms with van der Waals surface area (Å²) in [6.45, 7) is 0.524. The zero-order valence-corrected chi connectivity index (χ0v) is 14.5. The lowest BCUT2D eigenvalue weighted by atomic mass is 10.2. The van der Waals surface area contributed by atoms with E-state index in [0.29, 0.717) is 12.1 Å². The molecule has 0 saturated carbocycles. The summed E-state index contributed by atoms with van der Waals surface area (Å²) in [7, 11) is 1.81. The van der Waals surface area contributed by atoms with Crippen molar-refractivity contribution in [2.75, 3.05) is 13.3 Å². The van der Waals surface area contributed by atoms with Gasteiger partial charge in [-0.2, -0.15) is 5.10 Å². The van der Waals surface area contributed by atoms with E-state index in [2.05, 4.69) is 5.10 Å². The molecule has 5 heteroatoms. The summed E-state index contributed by atoms with van der Waals surface area (Å²) < 4.78 is 1.82. The predicted octanol–water partition coefficient (Wildman–Crippen LogP) is 3.87. The van der Waals surface area contributed by atoms with Crippen molar-refractivity contribution < 1.29 is 4.79 Å². The summed E-state index contributed by atoms with van der Waals surface area (Å²) in [6, 6.07) is 17.6. The van der Waals surface area contributed by atoms with Crippen LogP contribution in [0, 0.1) is 0 Å². The van der Waals surface area contributed by atoms with Crippen molar-refractivity contribution in [1.82, 2.24) is 14.7 Å². The largest absolute Gasteiger partial charge is 0.337 e. The van der Waals surface area contributed by atoms with Gasteiger partial charge in [0.25, 0.3) is 5.91 Å². The molecular weight excluding hydrogens is 318 g/mol. The number of nitrogens with zero attached hydrogens (tertiary/aromatic N) is 3. The molecule has 1 aromatic heterocycles. The molecule has 122 valence electrons. The molecule has 1 heterocycles. The molecule has 0 unspecified atom stereocenters. The molecule has 24 heavy (non-hydrogen) atoms. The molecule has 0 N–H and O–H groups in total. The van der Waals surface area contributed by atoms with Crippen molar-refractivity contribution >= 4 is 17.7 Å². The number of hydrogen-bond acceptors (Lipinski definition) is 3. The van der Waals surface area contributed by atoms with Crippen LogP contribution in [0.15, 0.2) is 71.9 Å². The lowest BCUT2D eigenvalue weighted by Gasteiger charge is -2.16. The predicted molar refractivity (Wildman–Crippen MR) is 97.6 cm³/mol. The molecule has 2 aromatic carbocycles. The lowest BCUT2D eigenvalue weighted by molar-refractivity contribution is 0.0785. The Hall–Kier alpha value is -2.53. The summed E-state index contributed by atoms with van der Waals surface area (Å²) in [5.74, 6) is 0.00936. The molecule has 0 radical (unpaired) electrons. The third kappa shape index (κ3) is 3.68. The van der Waals surface area contributed by atoms with E-state index in [-0.39, 0.29) is 5.91 Å². The molecule has 0 saturated heterocycles. The van der Waals surface area contributed by atoms with Crippen LogP contribution in [0.1, 0.15) is 15.9 Å². The van der Waals surface area contributed by atoms with Crippen molar-refractivity contribution in [3.8, 4) is 5.69 Å². The molecule has 4 nitrogen and oxygen atoms in total. The van der Waals surface area contributed by atoms with Crippen LogP contribution in [-0.2, 0) is 6.54 Å². The molecule has 0 fully saturated rings. The molecule has 0 spiro atoms. The van der Waals surface area contributed by atoms with Crippen molar-refractivity contribution in [1.29, 1.82) is 0 Å². The molecule has 0 atom stereocenters. The van der Waals surface area contributed by atoms with E-state index in [1.807, 2.05) is 78.8 Å². The highest BCUT2D eigenvalue weighted by atomic mass is 32.2. The smallest absolute Gasteiger partial charge is 0.253 e. The van der Waals surface area contributed by atoms with Gasteiger partial charge in [-0.25, -0.2) is 4.68 Å². The van der Waals surface area contributed by atoms with Crippen LogP contribution in [0.25, 0.3) is 5.69 Å². The minimum Gasteiger partial charge on any atom is -0.337 e. The maximum Gasteiger partial charge on any atom is 0.253 e. The Bertz CT molecular complexity index is 812. The molecule has 0 aliphatic carbocycles. The van der Waals surface area contributed by atoms with Crippen LogP contribution in [0.3, 0.4) is 0 Å². The number of amides is 1. The fourth-order valence-corrected chi connectivity index (χ4v) is 2.87. The van der Waals surface area contributed by atoms with Gasteiger partial charge in [0.2, 0.25) is 0 Å². The Balaban J connectivity index is 1.69. The van der Waals surface area contributed by atoms with E-state index in [4.69, 9.17) is 0 Å². The fraction of sp³-hybridized carbons (Fsp3) is 0.158. The average Bonchev–Trinajstić information content (AvgIpc) is 3.10. The lowest BCUT2D eigenvalue weighted by Crippen LogP contribution is -2.25. The number of benzene rings is 2. The number of para-hydroxylation sites is 1. The number of carbonyl (C=O) groups excluding carboxylic acids is 1. The van der Waals surface area contributed by atoms with Crippen LogP contribution < -0.4 is 0 Å². The first kappa shape index (κ1) is 16.3. The summed E-state index contributed by atoms with van der Waals surface area (Å²) in [5.41, 5.74) is 2.70. The Kier molecular flexibility index (Phi) is 5.01. The van der Waals surface area contributed by atoms with Gasteiger partial charge < -0.3 is 4.90 Å². The van der Waals surface area contributed by atoms with Gasteiger partial charge in [-0.3, -0.25) is 4.79 Å². The van der Waals surface area contributed by atoms with Crippen LogP contribution in [-0.4, -0.2) is 33.9 Å². The molecule has 3 aromatic rings. The van der Waals surface area contributed by atoms with Gasteiger partial charge in [0.05, 0.1) is 11.9 Å². The summed E-state index contributed by atoms with van der Waals surface area (Å²) in [5, 5.41) is 4.37. The van der Waals surface area contributed by atoms with Gasteiger partial charge in [0, 0.05) is 35.8 Å². The van der Waals surface area contributed by atoms with Gasteiger partial charge >= 0.3 is 0 Å². The van der Waals surface area contributed by atoms with Crippen LogP contribution in [0.5, 0.6) is 0 Å². The maximum absolute atomic E-state index is 12.5. The molecular formula is C19H19N3OS. The summed E-state index contributed by atoms with van der Waals surface area (Å²) >= 11 is 1.66. The number of thioether (sulfide) groups is 1. The standard InChI is InChI=1S/C19H19N3OS/c1-21(19(23)16-8-10-18(24-2)11-9-16)13-15-12-20-22(14-15)17-6-4-3-5-7-17/h3-12,14H,13H2,1-2H3. The minimum absolute atomic E-state index is 0.00936. The monoisotopic (exact) mass is 337 g/mol. The Morgan fingerprint density at radius 1 is 1.12 bits per heavy atom. The van der Waals surface area contributed by atoms with E-state index in [1.165, 1.54) is 0 Å². The van der Waals surface area contributed by atoms with E-state index >= 15 is 0 Å². The van der Waals surface area contributed by atoms with Gasteiger partial charge in [-0.05, 0) is 42.7 Å². The second-order valence-corrected chi connectivity index (χ2v) is 6.40. The van der Waals surface area contributed by atoms with E-state index in [9.17, 15) is 4.79 Å². The Labute approximate surface area is 146 Å². The first-order valence-electron chi connectivity index (χ1n) is 7.66. The Morgan fingerprint density at radius 3 is 2.50 bits per heavy atom. The third-order valence-corrected chi connectivity index (χ3v) is 4.50. The second kappa shape index (κ2) is 7.36. The van der Waals surface area contributed by atoms with Crippen LogP contribution in [0.4, 0.5) is 0 Å². The maximum atomic E-state index is 12.5. The number of carbonyl (C=O) groups is 1. The van der Waals surface area contributed by atoms with Crippen molar-refractivity contribution in [2.45, 2.75) is 11.4 Å². The van der Waals surface area contributed by atoms with Crippen molar-refractivity contribution in [3.63, 3.8) is 0 Å². The molecule has 0 bridgehead atoms. The highest BCUT2D eigenvalue weighted by molar-refractivity contribution is 7.98. The van der Waals surface area contributed by atoms with E-state index < -0.39 is 0 Å². The highest BCUT2D eigenvalue weighted by Gasteiger charge is 2.13. The SMILES string of the molecule is CSc1ccc(C(=O)N(C)Cc2cnn(-c3ccccc3)c2)cc1. The zero-order valence-electron chi connectivity index (χ0n) is 13.7. The van der Waals surface area contributed by atoms with Crippen LogP contribution >= 0.6 is 11.8 Å². The molecule has 0 aliphatic heterocycles. The van der Waals surface area contributed by atoms with Gasteiger partial charge in [0.15, 0.2) is 0 Å². The zero-order chi connectivity index (χ0) is 16.9. The highest BCUT2D eigenvalue weighted by Crippen LogP contribution is 2.16. The molecule has 3 rings (SSSR count). The topological polar surface area (TPSA) is 38.1 Å².